The molecule has 0 spiro atoms. The molecule has 2 aromatic rings. The van der Waals surface area contributed by atoms with Crippen LogP contribution < -0.4 is 5.73 Å². The molecule has 1 aromatic heterocycles. The standard InChI is InChI=1S/C11H11ClN2O/c12-11-4-9-3-7(10(15)5-13)1-2-8(9)6-14-11/h1-4,6,10,15H,5,13H2/t10-/m0/s1. The highest BCUT2D eigenvalue weighted by Gasteiger charge is 2.05. The Labute approximate surface area is 92.5 Å². The highest BCUT2D eigenvalue weighted by molar-refractivity contribution is 6.30. The number of nitrogens with two attached hydrogens (primary N) is 1. The van der Waals surface area contributed by atoms with E-state index in [-0.39, 0.29) is 6.54 Å². The topological polar surface area (TPSA) is 59.1 Å². The van der Waals surface area contributed by atoms with Gasteiger partial charge in [-0.2, -0.15) is 0 Å². The van der Waals surface area contributed by atoms with Crippen LogP contribution in [0.4, 0.5) is 0 Å². The number of fused-ring (bicyclic) bond motifs is 1. The van der Waals surface area contributed by atoms with E-state index in [0.29, 0.717) is 5.15 Å². The Balaban J connectivity index is 2.54. The van der Waals surface area contributed by atoms with Crippen LogP contribution in [0.25, 0.3) is 10.8 Å². The van der Waals surface area contributed by atoms with Gasteiger partial charge in [-0.05, 0) is 23.1 Å². The Hall–Kier alpha value is -1.16. The van der Waals surface area contributed by atoms with Crippen LogP contribution in [0.15, 0.2) is 30.5 Å². The summed E-state index contributed by atoms with van der Waals surface area (Å²) < 4.78 is 0. The van der Waals surface area contributed by atoms with Crippen LogP contribution in [0.3, 0.4) is 0 Å². The molecule has 0 aliphatic carbocycles. The molecule has 1 atom stereocenters. The maximum atomic E-state index is 9.58. The Morgan fingerprint density at radius 3 is 2.87 bits per heavy atom. The van der Waals surface area contributed by atoms with Gasteiger partial charge in [0.1, 0.15) is 5.15 Å². The average Bonchev–Trinajstić information content (AvgIpc) is 2.27. The number of aromatic nitrogens is 1. The van der Waals surface area contributed by atoms with Crippen molar-refractivity contribution in [3.8, 4) is 0 Å². The van der Waals surface area contributed by atoms with E-state index < -0.39 is 6.10 Å². The monoisotopic (exact) mass is 222 g/mol. The van der Waals surface area contributed by atoms with Crippen molar-refractivity contribution in [1.82, 2.24) is 4.98 Å². The largest absolute Gasteiger partial charge is 0.387 e. The van der Waals surface area contributed by atoms with E-state index >= 15 is 0 Å². The molecule has 4 heteroatoms. The van der Waals surface area contributed by atoms with Crippen molar-refractivity contribution in [3.05, 3.63) is 41.2 Å². The van der Waals surface area contributed by atoms with Gasteiger partial charge in [0.2, 0.25) is 0 Å². The second-order valence-corrected chi connectivity index (χ2v) is 3.75. The Bertz CT molecular complexity index is 487. The molecule has 1 heterocycles. The molecular weight excluding hydrogens is 212 g/mol. The number of hydrogen-bond donors (Lipinski definition) is 2. The van der Waals surface area contributed by atoms with Gasteiger partial charge in [0.05, 0.1) is 6.10 Å². The van der Waals surface area contributed by atoms with Crippen LogP contribution in [-0.4, -0.2) is 16.6 Å². The maximum Gasteiger partial charge on any atom is 0.129 e. The number of aliphatic hydroxyl groups excluding tert-OH is 1. The third kappa shape index (κ3) is 2.09. The molecule has 3 N–H and O–H groups in total. The number of benzene rings is 1. The fourth-order valence-electron chi connectivity index (χ4n) is 1.48. The van der Waals surface area contributed by atoms with Crippen molar-refractivity contribution < 1.29 is 5.11 Å². The number of pyridine rings is 1. The average molecular weight is 223 g/mol. The third-order valence-corrected chi connectivity index (χ3v) is 2.53. The number of nitrogens with zero attached hydrogens (tertiary/aromatic N) is 1. The van der Waals surface area contributed by atoms with E-state index in [1.54, 1.807) is 12.3 Å². The lowest BCUT2D eigenvalue weighted by Crippen LogP contribution is -2.11. The summed E-state index contributed by atoms with van der Waals surface area (Å²) in [5.41, 5.74) is 6.19. The molecule has 0 aliphatic rings. The molecule has 0 saturated heterocycles. The van der Waals surface area contributed by atoms with Gasteiger partial charge < -0.3 is 10.8 Å². The zero-order valence-electron chi connectivity index (χ0n) is 8.02. The molecule has 3 nitrogen and oxygen atoms in total. The van der Waals surface area contributed by atoms with Crippen LogP contribution in [0.2, 0.25) is 5.15 Å². The van der Waals surface area contributed by atoms with Crippen LogP contribution in [0.1, 0.15) is 11.7 Å². The summed E-state index contributed by atoms with van der Waals surface area (Å²) >= 11 is 5.79. The fraction of sp³-hybridized carbons (Fsp3) is 0.182. The number of rotatable bonds is 2. The van der Waals surface area contributed by atoms with Crippen LogP contribution in [-0.2, 0) is 0 Å². The Morgan fingerprint density at radius 1 is 1.33 bits per heavy atom. The van der Waals surface area contributed by atoms with Crippen LogP contribution in [0.5, 0.6) is 0 Å². The Morgan fingerprint density at radius 2 is 2.13 bits per heavy atom. The molecule has 0 saturated carbocycles. The molecule has 0 aliphatic heterocycles. The highest BCUT2D eigenvalue weighted by Crippen LogP contribution is 2.21. The van der Waals surface area contributed by atoms with Gasteiger partial charge in [-0.15, -0.1) is 0 Å². The van der Waals surface area contributed by atoms with Crippen molar-refractivity contribution in [2.45, 2.75) is 6.10 Å². The van der Waals surface area contributed by atoms with E-state index in [4.69, 9.17) is 17.3 Å². The van der Waals surface area contributed by atoms with Crippen molar-refractivity contribution in [1.29, 1.82) is 0 Å². The van der Waals surface area contributed by atoms with Gasteiger partial charge in [-0.1, -0.05) is 23.7 Å². The predicted molar refractivity (Wildman–Crippen MR) is 60.8 cm³/mol. The minimum atomic E-state index is -0.624. The van der Waals surface area contributed by atoms with Gasteiger partial charge in [0.15, 0.2) is 0 Å². The van der Waals surface area contributed by atoms with Crippen LogP contribution >= 0.6 is 11.6 Å². The van der Waals surface area contributed by atoms with Crippen molar-refractivity contribution >= 4 is 22.4 Å². The van der Waals surface area contributed by atoms with E-state index in [0.717, 1.165) is 16.3 Å². The molecule has 15 heavy (non-hydrogen) atoms. The molecule has 1 aromatic carbocycles. The number of aliphatic hydroxyl groups is 1. The minimum Gasteiger partial charge on any atom is -0.387 e. The lowest BCUT2D eigenvalue weighted by molar-refractivity contribution is 0.187. The SMILES string of the molecule is NC[C@H](O)c1ccc2cnc(Cl)cc2c1. The molecule has 0 fully saturated rings. The van der Waals surface area contributed by atoms with E-state index in [1.807, 2.05) is 18.2 Å². The fourth-order valence-corrected chi connectivity index (χ4v) is 1.64. The zero-order chi connectivity index (χ0) is 10.8. The molecule has 0 bridgehead atoms. The second-order valence-electron chi connectivity index (χ2n) is 3.37. The number of hydrogen-bond acceptors (Lipinski definition) is 3. The molecule has 78 valence electrons. The highest BCUT2D eigenvalue weighted by atomic mass is 35.5. The van der Waals surface area contributed by atoms with Crippen molar-refractivity contribution in [2.75, 3.05) is 6.54 Å². The summed E-state index contributed by atoms with van der Waals surface area (Å²) in [5.74, 6) is 0. The molecular formula is C11H11ClN2O. The normalized spacial score (nSPS) is 13.0. The van der Waals surface area contributed by atoms with Gasteiger partial charge >= 0.3 is 0 Å². The first-order chi connectivity index (χ1) is 7.20. The van der Waals surface area contributed by atoms with E-state index in [9.17, 15) is 5.11 Å². The van der Waals surface area contributed by atoms with Crippen molar-refractivity contribution in [3.63, 3.8) is 0 Å². The third-order valence-electron chi connectivity index (χ3n) is 2.32. The number of halogens is 1. The summed E-state index contributed by atoms with van der Waals surface area (Å²) in [6, 6.07) is 7.38. The van der Waals surface area contributed by atoms with Gasteiger partial charge in [0, 0.05) is 18.1 Å². The Kier molecular flexibility index (Phi) is 2.86. The first kappa shape index (κ1) is 10.4. The summed E-state index contributed by atoms with van der Waals surface area (Å²) in [6.45, 7) is 0.213. The smallest absolute Gasteiger partial charge is 0.129 e. The predicted octanol–water partition coefficient (Wildman–Crippen LogP) is 1.88. The maximum absolute atomic E-state index is 9.58. The summed E-state index contributed by atoms with van der Waals surface area (Å²) in [5, 5.41) is 12.0. The van der Waals surface area contributed by atoms with Crippen LogP contribution in [0, 0.1) is 0 Å². The van der Waals surface area contributed by atoms with Gasteiger partial charge in [-0.25, -0.2) is 4.98 Å². The second kappa shape index (κ2) is 4.14. The lowest BCUT2D eigenvalue weighted by atomic mass is 10.1. The van der Waals surface area contributed by atoms with Gasteiger partial charge in [-0.3, -0.25) is 0 Å². The zero-order valence-corrected chi connectivity index (χ0v) is 8.78. The summed E-state index contributed by atoms with van der Waals surface area (Å²) in [4.78, 5) is 3.98. The van der Waals surface area contributed by atoms with E-state index in [2.05, 4.69) is 4.98 Å². The van der Waals surface area contributed by atoms with Crippen molar-refractivity contribution in [2.24, 2.45) is 5.73 Å². The lowest BCUT2D eigenvalue weighted by Gasteiger charge is -2.08. The first-order valence-corrected chi connectivity index (χ1v) is 5.02. The van der Waals surface area contributed by atoms with Gasteiger partial charge in [0.25, 0.3) is 0 Å². The molecule has 0 amide bonds. The van der Waals surface area contributed by atoms with E-state index in [1.165, 1.54) is 0 Å². The summed E-state index contributed by atoms with van der Waals surface area (Å²) in [6.07, 6.45) is 1.08. The molecule has 2 rings (SSSR count). The molecule has 0 radical (unpaired) electrons. The summed E-state index contributed by atoms with van der Waals surface area (Å²) in [7, 11) is 0. The first-order valence-electron chi connectivity index (χ1n) is 4.64. The quantitative estimate of drug-likeness (QED) is 0.763. The molecule has 0 unspecified atom stereocenters. The minimum absolute atomic E-state index is 0.213.